The van der Waals surface area contributed by atoms with E-state index in [-0.39, 0.29) is 6.61 Å². The Morgan fingerprint density at radius 1 is 1.24 bits per heavy atom. The molecule has 9 nitrogen and oxygen atoms in total. The fraction of sp³-hybridized carbons (Fsp3) is 0.273. The standard InChI is InChI=1S/C22H23N5O4S2/c1-3-30-19(28)17-15(24-20(29)25-18(17)16-10-9-13(2)31-16)12-32-22-27-26-21(33-22)23-11-14-7-5-4-6-8-14/h4-10,18H,3,11-12H2,1-2H3,(H,23,26)(H2,24,25,29)/t18-/m1/s1. The van der Waals surface area contributed by atoms with Crippen molar-refractivity contribution in [3.8, 4) is 0 Å². The zero-order valence-corrected chi connectivity index (χ0v) is 19.7. The van der Waals surface area contributed by atoms with Crippen LogP contribution in [0, 0.1) is 6.92 Å². The summed E-state index contributed by atoms with van der Waals surface area (Å²) in [7, 11) is 0. The SMILES string of the molecule is CCOC(=O)C1=C(CSc2nnc(NCc3ccccc3)s2)NC(=O)N[C@@H]1c1ccc(C)o1. The van der Waals surface area contributed by atoms with Crippen molar-refractivity contribution in [2.24, 2.45) is 0 Å². The second-order valence-corrected chi connectivity index (χ2v) is 9.29. The first-order valence-corrected chi connectivity index (χ1v) is 12.1. The molecule has 3 heterocycles. The first-order chi connectivity index (χ1) is 16.0. The average molecular weight is 486 g/mol. The van der Waals surface area contributed by atoms with Crippen molar-refractivity contribution in [1.82, 2.24) is 20.8 Å². The molecule has 0 unspecified atom stereocenters. The van der Waals surface area contributed by atoms with Crippen LogP contribution in [0.15, 0.2) is 62.5 Å². The zero-order chi connectivity index (χ0) is 23.2. The van der Waals surface area contributed by atoms with Gasteiger partial charge in [0.05, 0.1) is 12.2 Å². The van der Waals surface area contributed by atoms with Crippen molar-refractivity contribution in [3.63, 3.8) is 0 Å². The summed E-state index contributed by atoms with van der Waals surface area (Å²) >= 11 is 2.79. The van der Waals surface area contributed by atoms with E-state index in [1.165, 1.54) is 23.1 Å². The van der Waals surface area contributed by atoms with Gasteiger partial charge in [-0.05, 0) is 31.5 Å². The van der Waals surface area contributed by atoms with Crippen LogP contribution in [0.5, 0.6) is 0 Å². The topological polar surface area (TPSA) is 118 Å². The summed E-state index contributed by atoms with van der Waals surface area (Å²) in [5, 5.41) is 17.8. The molecule has 0 aliphatic carbocycles. The summed E-state index contributed by atoms with van der Waals surface area (Å²) in [6, 6.07) is 12.4. The van der Waals surface area contributed by atoms with Crippen molar-refractivity contribution in [2.75, 3.05) is 17.7 Å². The number of benzene rings is 1. The lowest BCUT2D eigenvalue weighted by atomic mass is 10.0. The Morgan fingerprint density at radius 3 is 2.79 bits per heavy atom. The molecule has 1 aromatic carbocycles. The average Bonchev–Trinajstić information content (AvgIpc) is 3.45. The molecule has 3 N–H and O–H groups in total. The number of carbonyl (C=O) groups is 2. The van der Waals surface area contributed by atoms with Crippen LogP contribution in [0.25, 0.3) is 0 Å². The van der Waals surface area contributed by atoms with Gasteiger partial charge in [-0.3, -0.25) is 0 Å². The van der Waals surface area contributed by atoms with E-state index in [1.807, 2.05) is 30.3 Å². The fourth-order valence-electron chi connectivity index (χ4n) is 3.25. The van der Waals surface area contributed by atoms with Crippen LogP contribution in [0.3, 0.4) is 0 Å². The number of hydrogen-bond acceptors (Lipinski definition) is 9. The highest BCUT2D eigenvalue weighted by Crippen LogP contribution is 2.33. The number of carbonyl (C=O) groups excluding carboxylic acids is 2. The lowest BCUT2D eigenvalue weighted by molar-refractivity contribution is -0.139. The number of urea groups is 1. The summed E-state index contributed by atoms with van der Waals surface area (Å²) in [4.78, 5) is 25.1. The Labute approximate surface area is 199 Å². The van der Waals surface area contributed by atoms with E-state index in [2.05, 4.69) is 26.1 Å². The van der Waals surface area contributed by atoms with Gasteiger partial charge in [-0.15, -0.1) is 10.2 Å². The van der Waals surface area contributed by atoms with Crippen molar-refractivity contribution >= 4 is 40.2 Å². The van der Waals surface area contributed by atoms with Crippen LogP contribution < -0.4 is 16.0 Å². The lowest BCUT2D eigenvalue weighted by Crippen LogP contribution is -2.46. The number of hydrogen-bond donors (Lipinski definition) is 3. The second-order valence-electron chi connectivity index (χ2n) is 7.09. The Hall–Kier alpha value is -3.31. The van der Waals surface area contributed by atoms with Gasteiger partial charge in [-0.25, -0.2) is 9.59 Å². The van der Waals surface area contributed by atoms with Crippen LogP contribution in [0.4, 0.5) is 9.93 Å². The molecule has 2 amide bonds. The van der Waals surface area contributed by atoms with Gasteiger partial charge >= 0.3 is 12.0 Å². The normalized spacial score (nSPS) is 15.7. The van der Waals surface area contributed by atoms with E-state index in [4.69, 9.17) is 9.15 Å². The third kappa shape index (κ3) is 5.74. The smallest absolute Gasteiger partial charge is 0.338 e. The molecule has 0 bridgehead atoms. The predicted molar refractivity (Wildman–Crippen MR) is 126 cm³/mol. The molecule has 0 spiro atoms. The van der Waals surface area contributed by atoms with Crippen molar-refractivity contribution in [1.29, 1.82) is 0 Å². The molecular weight excluding hydrogens is 462 g/mol. The molecule has 1 aliphatic rings. The molecule has 1 atom stereocenters. The van der Waals surface area contributed by atoms with E-state index in [0.29, 0.717) is 44.6 Å². The number of nitrogens with one attached hydrogen (secondary N) is 3. The van der Waals surface area contributed by atoms with Gasteiger partial charge in [0.2, 0.25) is 5.13 Å². The summed E-state index contributed by atoms with van der Waals surface area (Å²) in [5.41, 5.74) is 1.91. The molecule has 0 fully saturated rings. The highest BCUT2D eigenvalue weighted by atomic mass is 32.2. The highest BCUT2D eigenvalue weighted by molar-refractivity contribution is 8.01. The third-order valence-electron chi connectivity index (χ3n) is 4.73. The summed E-state index contributed by atoms with van der Waals surface area (Å²) in [6.45, 7) is 4.40. The van der Waals surface area contributed by atoms with Crippen LogP contribution in [-0.4, -0.2) is 34.6 Å². The minimum Gasteiger partial charge on any atom is -0.464 e. The van der Waals surface area contributed by atoms with Crippen LogP contribution in [0.1, 0.15) is 30.0 Å². The van der Waals surface area contributed by atoms with Gasteiger partial charge in [-0.2, -0.15) is 0 Å². The maximum Gasteiger partial charge on any atom is 0.338 e. The maximum atomic E-state index is 12.8. The zero-order valence-electron chi connectivity index (χ0n) is 18.1. The maximum absolute atomic E-state index is 12.8. The largest absolute Gasteiger partial charge is 0.464 e. The Balaban J connectivity index is 1.50. The number of rotatable bonds is 9. The number of thioether (sulfide) groups is 1. The molecular formula is C22H23N5O4S2. The van der Waals surface area contributed by atoms with E-state index in [1.54, 1.807) is 26.0 Å². The monoisotopic (exact) mass is 485 g/mol. The number of ether oxygens (including phenoxy) is 1. The molecule has 0 saturated heterocycles. The van der Waals surface area contributed by atoms with Crippen LogP contribution in [-0.2, 0) is 16.1 Å². The molecule has 33 heavy (non-hydrogen) atoms. The predicted octanol–water partition coefficient (Wildman–Crippen LogP) is 4.02. The molecule has 2 aromatic heterocycles. The number of furan rings is 1. The minimum absolute atomic E-state index is 0.216. The van der Waals surface area contributed by atoms with Crippen LogP contribution >= 0.6 is 23.1 Å². The van der Waals surface area contributed by atoms with Gasteiger partial charge in [0.1, 0.15) is 17.6 Å². The molecule has 11 heteroatoms. The molecule has 172 valence electrons. The second kappa shape index (κ2) is 10.5. The van der Waals surface area contributed by atoms with Crippen molar-refractivity contribution in [3.05, 3.63) is 70.8 Å². The van der Waals surface area contributed by atoms with Gasteiger partial charge in [-0.1, -0.05) is 53.4 Å². The van der Waals surface area contributed by atoms with E-state index in [0.717, 1.165) is 5.56 Å². The van der Waals surface area contributed by atoms with Crippen molar-refractivity contribution in [2.45, 2.75) is 30.8 Å². The number of amides is 2. The van der Waals surface area contributed by atoms with E-state index in [9.17, 15) is 9.59 Å². The van der Waals surface area contributed by atoms with Crippen LogP contribution in [0.2, 0.25) is 0 Å². The van der Waals surface area contributed by atoms with Gasteiger partial charge in [0.25, 0.3) is 0 Å². The highest BCUT2D eigenvalue weighted by Gasteiger charge is 2.35. The lowest BCUT2D eigenvalue weighted by Gasteiger charge is -2.27. The van der Waals surface area contributed by atoms with E-state index >= 15 is 0 Å². The molecule has 1 aliphatic heterocycles. The Morgan fingerprint density at radius 2 is 2.06 bits per heavy atom. The number of nitrogens with zero attached hydrogens (tertiary/aromatic N) is 2. The molecule has 3 aromatic rings. The number of aryl methyl sites for hydroxylation is 1. The summed E-state index contributed by atoms with van der Waals surface area (Å²) in [6.07, 6.45) is 0. The Kier molecular flexibility index (Phi) is 7.30. The first-order valence-electron chi connectivity index (χ1n) is 10.3. The summed E-state index contributed by atoms with van der Waals surface area (Å²) in [5.74, 6) is 0.949. The summed E-state index contributed by atoms with van der Waals surface area (Å²) < 4.78 is 11.7. The molecule has 0 radical (unpaired) electrons. The third-order valence-corrected chi connectivity index (χ3v) is 6.77. The van der Waals surface area contributed by atoms with Gasteiger partial charge in [0.15, 0.2) is 4.34 Å². The fourth-order valence-corrected chi connectivity index (χ4v) is 4.97. The minimum atomic E-state index is -0.736. The van der Waals surface area contributed by atoms with Crippen molar-refractivity contribution < 1.29 is 18.7 Å². The van der Waals surface area contributed by atoms with Gasteiger partial charge < -0.3 is 25.1 Å². The molecule has 0 saturated carbocycles. The number of aromatic nitrogens is 2. The number of anilines is 1. The van der Waals surface area contributed by atoms with E-state index < -0.39 is 18.0 Å². The molecule has 4 rings (SSSR count). The quantitative estimate of drug-likeness (QED) is 0.307. The van der Waals surface area contributed by atoms with Gasteiger partial charge in [0, 0.05) is 18.0 Å². The number of esters is 1. The Bertz CT molecular complexity index is 1160. The first kappa shape index (κ1) is 22.9.